The Bertz CT molecular complexity index is 114. The van der Waals surface area contributed by atoms with Crippen LogP contribution in [-0.4, -0.2) is 18.7 Å². The van der Waals surface area contributed by atoms with Crippen LogP contribution in [0.25, 0.3) is 0 Å². The lowest BCUT2D eigenvalue weighted by molar-refractivity contribution is -0.0558. The van der Waals surface area contributed by atoms with Crippen LogP contribution in [0.1, 0.15) is 6.92 Å². The molecule has 0 rings (SSSR count). The first kappa shape index (κ1) is 11.0. The van der Waals surface area contributed by atoms with E-state index in [0.717, 1.165) is 0 Å². The molecule has 0 fully saturated rings. The highest BCUT2D eigenvalue weighted by Crippen LogP contribution is 2.58. The Hall–Kier alpha value is 0.0400. The topological polar surface area (TPSA) is 9.23 Å². The maximum atomic E-state index is 11.6. The number of rotatable bonds is 3. The molecule has 0 amide bonds. The molecule has 0 spiro atoms. The highest BCUT2D eigenvalue weighted by atomic mass is 31.1. The largest absolute Gasteiger partial charge is 0.436 e. The lowest BCUT2D eigenvalue weighted by Crippen LogP contribution is -2.12. The molecule has 0 aromatic carbocycles. The third kappa shape index (κ3) is 3.82. The standard InChI is InChI=1S/C4H6F5OP/c1-2-10-11(3(5)6)4(7,8)9/h3H,2H2,1H3. The van der Waals surface area contributed by atoms with Crippen molar-refractivity contribution in [3.63, 3.8) is 0 Å². The van der Waals surface area contributed by atoms with Crippen molar-refractivity contribution in [3.05, 3.63) is 0 Å². The minimum atomic E-state index is -4.92. The molecular formula is C4H6F5OP. The number of hydrogen-bond donors (Lipinski definition) is 0. The van der Waals surface area contributed by atoms with Crippen LogP contribution in [0.5, 0.6) is 0 Å². The van der Waals surface area contributed by atoms with Gasteiger partial charge >= 0.3 is 5.92 Å². The van der Waals surface area contributed by atoms with Crippen molar-refractivity contribution in [2.24, 2.45) is 0 Å². The van der Waals surface area contributed by atoms with Crippen molar-refractivity contribution in [1.29, 1.82) is 0 Å². The molecule has 1 nitrogen and oxygen atoms in total. The second-order valence-electron chi connectivity index (χ2n) is 1.49. The zero-order valence-corrected chi connectivity index (χ0v) is 6.42. The summed E-state index contributed by atoms with van der Waals surface area (Å²) < 4.78 is 61.7. The monoisotopic (exact) mass is 196 g/mol. The number of halogens is 5. The molecule has 0 aliphatic carbocycles. The van der Waals surface area contributed by atoms with Crippen LogP contribution in [0, 0.1) is 0 Å². The van der Waals surface area contributed by atoms with Crippen LogP contribution in [0.15, 0.2) is 0 Å². The van der Waals surface area contributed by atoms with E-state index in [-0.39, 0.29) is 6.61 Å². The normalized spacial score (nSPS) is 15.5. The predicted octanol–water partition coefficient (Wildman–Crippen LogP) is 3.16. The lowest BCUT2D eigenvalue weighted by Gasteiger charge is -2.17. The van der Waals surface area contributed by atoms with Crippen molar-refractivity contribution in [1.82, 2.24) is 0 Å². The summed E-state index contributed by atoms with van der Waals surface area (Å²) in [7, 11) is -3.59. The average Bonchev–Trinajstić information content (AvgIpc) is 1.79. The molecular weight excluding hydrogens is 190 g/mol. The molecule has 68 valence electrons. The molecule has 0 aliphatic heterocycles. The lowest BCUT2D eigenvalue weighted by atomic mass is 10.9. The zero-order chi connectivity index (χ0) is 9.07. The quantitative estimate of drug-likeness (QED) is 0.497. The van der Waals surface area contributed by atoms with E-state index >= 15 is 0 Å². The Morgan fingerprint density at radius 1 is 1.36 bits per heavy atom. The minimum Gasteiger partial charge on any atom is -0.347 e. The Kier molecular flexibility index (Phi) is 4.18. The van der Waals surface area contributed by atoms with E-state index in [1.807, 2.05) is 0 Å². The number of alkyl halides is 5. The molecule has 0 aliphatic rings. The van der Waals surface area contributed by atoms with E-state index < -0.39 is 20.2 Å². The fraction of sp³-hybridized carbons (Fsp3) is 1.00. The summed E-state index contributed by atoms with van der Waals surface area (Å²) >= 11 is 0. The third-order valence-corrected chi connectivity index (χ3v) is 2.09. The summed E-state index contributed by atoms with van der Waals surface area (Å²) in [4.78, 5) is 0. The summed E-state index contributed by atoms with van der Waals surface area (Å²) in [5.74, 6) is -4.92. The van der Waals surface area contributed by atoms with E-state index in [1.54, 1.807) is 0 Å². The first-order chi connectivity index (χ1) is 4.89. The van der Waals surface area contributed by atoms with E-state index in [1.165, 1.54) is 6.92 Å². The Labute approximate surface area is 61.4 Å². The predicted molar refractivity (Wildman–Crippen MR) is 30.6 cm³/mol. The van der Waals surface area contributed by atoms with Gasteiger partial charge in [0.25, 0.3) is 6.17 Å². The Morgan fingerprint density at radius 2 is 1.82 bits per heavy atom. The van der Waals surface area contributed by atoms with Gasteiger partial charge in [-0.1, -0.05) is 0 Å². The summed E-state index contributed by atoms with van der Waals surface area (Å²) in [5, 5.41) is 0. The second kappa shape index (κ2) is 4.16. The first-order valence-electron chi connectivity index (χ1n) is 2.66. The van der Waals surface area contributed by atoms with Gasteiger partial charge in [0.2, 0.25) is 8.15 Å². The highest BCUT2D eigenvalue weighted by Gasteiger charge is 2.47. The van der Waals surface area contributed by atoms with E-state index in [9.17, 15) is 22.0 Å². The van der Waals surface area contributed by atoms with Gasteiger partial charge in [-0.2, -0.15) is 13.2 Å². The first-order valence-corrected chi connectivity index (χ1v) is 3.99. The molecule has 0 N–H and O–H groups in total. The van der Waals surface area contributed by atoms with E-state index in [2.05, 4.69) is 4.52 Å². The van der Waals surface area contributed by atoms with Crippen molar-refractivity contribution in [3.8, 4) is 0 Å². The van der Waals surface area contributed by atoms with Gasteiger partial charge in [-0.25, -0.2) is 8.78 Å². The van der Waals surface area contributed by atoms with E-state index in [4.69, 9.17) is 0 Å². The molecule has 0 heterocycles. The Balaban J connectivity index is 4.10. The smallest absolute Gasteiger partial charge is 0.347 e. The van der Waals surface area contributed by atoms with Crippen LogP contribution >= 0.6 is 8.15 Å². The molecule has 0 bridgehead atoms. The Morgan fingerprint density at radius 3 is 1.91 bits per heavy atom. The zero-order valence-electron chi connectivity index (χ0n) is 5.53. The summed E-state index contributed by atoms with van der Waals surface area (Å²) in [6.07, 6.45) is -3.45. The van der Waals surface area contributed by atoms with Crippen LogP contribution < -0.4 is 0 Å². The van der Waals surface area contributed by atoms with Gasteiger partial charge in [0.15, 0.2) is 0 Å². The summed E-state index contributed by atoms with van der Waals surface area (Å²) in [6.45, 7) is 0.888. The van der Waals surface area contributed by atoms with Gasteiger partial charge in [-0.05, 0) is 6.92 Å². The summed E-state index contributed by atoms with van der Waals surface area (Å²) in [5.41, 5.74) is 0. The van der Waals surface area contributed by atoms with Gasteiger partial charge in [-0.15, -0.1) is 0 Å². The van der Waals surface area contributed by atoms with Crippen molar-refractivity contribution >= 4 is 8.15 Å². The second-order valence-corrected chi connectivity index (χ2v) is 3.30. The van der Waals surface area contributed by atoms with Crippen molar-refractivity contribution in [2.45, 2.75) is 19.0 Å². The van der Waals surface area contributed by atoms with Crippen LogP contribution in [0.4, 0.5) is 22.0 Å². The van der Waals surface area contributed by atoms with E-state index in [0.29, 0.717) is 0 Å². The fourth-order valence-electron chi connectivity index (χ4n) is 0.379. The highest BCUT2D eigenvalue weighted by molar-refractivity contribution is 7.53. The third-order valence-electron chi connectivity index (χ3n) is 0.695. The molecule has 1 unspecified atom stereocenters. The van der Waals surface area contributed by atoms with Crippen LogP contribution in [0.3, 0.4) is 0 Å². The van der Waals surface area contributed by atoms with Gasteiger partial charge < -0.3 is 4.52 Å². The molecule has 0 saturated carbocycles. The van der Waals surface area contributed by atoms with Crippen LogP contribution in [-0.2, 0) is 4.52 Å². The molecule has 1 atom stereocenters. The van der Waals surface area contributed by atoms with Gasteiger partial charge in [0.1, 0.15) is 0 Å². The molecule has 0 aromatic heterocycles. The molecule has 0 saturated heterocycles. The van der Waals surface area contributed by atoms with Gasteiger partial charge in [0, 0.05) is 6.61 Å². The SMILES string of the molecule is CCOP(C(F)F)C(F)(F)F. The molecule has 11 heavy (non-hydrogen) atoms. The average molecular weight is 196 g/mol. The van der Waals surface area contributed by atoms with Crippen molar-refractivity contribution in [2.75, 3.05) is 6.61 Å². The maximum absolute atomic E-state index is 11.6. The molecule has 7 heteroatoms. The summed E-state index contributed by atoms with van der Waals surface area (Å²) in [6, 6.07) is 0. The molecule has 0 radical (unpaired) electrons. The fourth-order valence-corrected chi connectivity index (χ4v) is 1.14. The number of hydrogen-bond acceptors (Lipinski definition) is 1. The van der Waals surface area contributed by atoms with Crippen molar-refractivity contribution < 1.29 is 26.5 Å². The van der Waals surface area contributed by atoms with Gasteiger partial charge in [0.05, 0.1) is 0 Å². The molecule has 0 aromatic rings. The van der Waals surface area contributed by atoms with Gasteiger partial charge in [-0.3, -0.25) is 0 Å². The van der Waals surface area contributed by atoms with Crippen LogP contribution in [0.2, 0.25) is 0 Å². The maximum Gasteiger partial charge on any atom is 0.436 e. The minimum absolute atomic E-state index is 0.352.